The van der Waals surface area contributed by atoms with Gasteiger partial charge in [-0.25, -0.2) is 5.43 Å². The van der Waals surface area contributed by atoms with Crippen molar-refractivity contribution in [2.24, 2.45) is 4.99 Å². The molecule has 0 aliphatic carbocycles. The first-order valence-corrected chi connectivity index (χ1v) is 7.14. The van der Waals surface area contributed by atoms with Gasteiger partial charge in [0.1, 0.15) is 5.84 Å². The van der Waals surface area contributed by atoms with Gasteiger partial charge in [-0.2, -0.15) is 0 Å². The van der Waals surface area contributed by atoms with Crippen molar-refractivity contribution in [3.63, 3.8) is 0 Å². The van der Waals surface area contributed by atoms with Crippen LogP contribution in [-0.2, 0) is 0 Å². The van der Waals surface area contributed by atoms with Gasteiger partial charge in [0.25, 0.3) is 0 Å². The molecule has 0 unspecified atom stereocenters. The van der Waals surface area contributed by atoms with Gasteiger partial charge in [0.15, 0.2) is 0 Å². The summed E-state index contributed by atoms with van der Waals surface area (Å²) in [6.07, 6.45) is 11.2. The minimum absolute atomic E-state index is 0.893. The maximum absolute atomic E-state index is 4.51. The van der Waals surface area contributed by atoms with E-state index in [1.807, 2.05) is 12.3 Å². The molecule has 104 valence electrons. The van der Waals surface area contributed by atoms with Gasteiger partial charge in [0.2, 0.25) is 0 Å². The van der Waals surface area contributed by atoms with E-state index in [1.165, 1.54) is 32.1 Å². The first-order chi connectivity index (χ1) is 8.86. The van der Waals surface area contributed by atoms with Gasteiger partial charge in [-0.3, -0.25) is 15.8 Å². The van der Waals surface area contributed by atoms with Crippen LogP contribution in [0, 0.1) is 0 Å². The molecular weight excluding hydrogens is 226 g/mol. The highest BCUT2D eigenvalue weighted by molar-refractivity contribution is 5.92. The van der Waals surface area contributed by atoms with E-state index >= 15 is 0 Å². The zero-order valence-corrected chi connectivity index (χ0v) is 11.7. The van der Waals surface area contributed by atoms with Gasteiger partial charge in [-0.15, -0.1) is 0 Å². The van der Waals surface area contributed by atoms with Gasteiger partial charge in [0, 0.05) is 19.3 Å². The Kier molecular flexibility index (Phi) is 8.25. The van der Waals surface area contributed by atoms with Crippen molar-refractivity contribution < 1.29 is 0 Å². The monoisotopic (exact) mass is 253 g/mol. The number of hydrazine groups is 3. The fraction of sp³-hybridized carbons (Fsp3) is 0.769. The van der Waals surface area contributed by atoms with Crippen molar-refractivity contribution in [3.05, 3.63) is 12.3 Å². The molecule has 1 aliphatic rings. The van der Waals surface area contributed by atoms with E-state index in [0.29, 0.717) is 0 Å². The largest absolute Gasteiger partial charge is 0.295 e. The number of rotatable bonds is 9. The second kappa shape index (κ2) is 9.91. The number of unbranched alkanes of at least 4 members (excludes halogenated alkanes) is 4. The van der Waals surface area contributed by atoms with Crippen LogP contribution in [0.4, 0.5) is 0 Å². The van der Waals surface area contributed by atoms with Crippen LogP contribution in [0.2, 0.25) is 0 Å². The average Bonchev–Trinajstić information content (AvgIpc) is 2.40. The van der Waals surface area contributed by atoms with Crippen LogP contribution >= 0.6 is 0 Å². The van der Waals surface area contributed by atoms with E-state index < -0.39 is 0 Å². The molecule has 0 atom stereocenters. The molecule has 0 radical (unpaired) electrons. The summed E-state index contributed by atoms with van der Waals surface area (Å²) in [4.78, 5) is 4.51. The first-order valence-electron chi connectivity index (χ1n) is 7.14. The van der Waals surface area contributed by atoms with Crippen molar-refractivity contribution in [3.8, 4) is 0 Å². The highest BCUT2D eigenvalue weighted by atomic mass is 15.9. The van der Waals surface area contributed by atoms with Crippen LogP contribution in [-0.4, -0.2) is 24.2 Å². The Morgan fingerprint density at radius 3 is 2.72 bits per heavy atom. The molecule has 0 aromatic heterocycles. The van der Waals surface area contributed by atoms with Gasteiger partial charge in [0.05, 0.1) is 0 Å². The average molecular weight is 253 g/mol. The highest BCUT2D eigenvalue weighted by Gasteiger charge is 2.07. The lowest BCUT2D eigenvalue weighted by Crippen LogP contribution is -2.58. The minimum Gasteiger partial charge on any atom is -0.295 e. The van der Waals surface area contributed by atoms with E-state index in [9.17, 15) is 0 Å². The summed E-state index contributed by atoms with van der Waals surface area (Å²) >= 11 is 0. The van der Waals surface area contributed by atoms with E-state index in [2.05, 4.69) is 35.1 Å². The summed E-state index contributed by atoms with van der Waals surface area (Å²) < 4.78 is 0. The smallest absolute Gasteiger partial charge is 0.139 e. The van der Waals surface area contributed by atoms with Crippen LogP contribution < -0.4 is 16.3 Å². The van der Waals surface area contributed by atoms with Crippen molar-refractivity contribution in [1.29, 1.82) is 0 Å². The molecule has 5 nitrogen and oxygen atoms in total. The lowest BCUT2D eigenvalue weighted by molar-refractivity contribution is 0.0994. The van der Waals surface area contributed by atoms with Gasteiger partial charge in [-0.1, -0.05) is 44.8 Å². The highest BCUT2D eigenvalue weighted by Crippen LogP contribution is 1.96. The van der Waals surface area contributed by atoms with Gasteiger partial charge < -0.3 is 0 Å². The van der Waals surface area contributed by atoms with Crippen molar-refractivity contribution in [2.45, 2.75) is 52.4 Å². The number of aliphatic imine (C=N–C) groups is 1. The lowest BCUT2D eigenvalue weighted by atomic mass is 10.2. The number of hydrogen-bond donors (Lipinski definition) is 3. The summed E-state index contributed by atoms with van der Waals surface area (Å²) in [5, 5.41) is 1.77. The summed E-state index contributed by atoms with van der Waals surface area (Å²) in [6.45, 7) is 6.27. The van der Waals surface area contributed by atoms with E-state index in [4.69, 9.17) is 0 Å². The molecule has 1 rings (SSSR count). The minimum atomic E-state index is 0.893. The maximum atomic E-state index is 4.51. The molecule has 0 aromatic carbocycles. The fourth-order valence-corrected chi connectivity index (χ4v) is 1.68. The molecular formula is C13H27N5. The second-order valence-corrected chi connectivity index (χ2v) is 4.50. The van der Waals surface area contributed by atoms with Gasteiger partial charge >= 0.3 is 0 Å². The molecule has 0 aromatic rings. The molecule has 5 heteroatoms. The Labute approximate surface area is 111 Å². The number of nitrogens with one attached hydrogen (secondary N) is 3. The van der Waals surface area contributed by atoms with Crippen molar-refractivity contribution in [1.82, 2.24) is 21.5 Å². The molecule has 18 heavy (non-hydrogen) atoms. The molecule has 0 amide bonds. The summed E-state index contributed by atoms with van der Waals surface area (Å²) in [5.74, 6) is 0.910. The lowest BCUT2D eigenvalue weighted by Gasteiger charge is -2.27. The molecule has 0 fully saturated rings. The summed E-state index contributed by atoms with van der Waals surface area (Å²) in [7, 11) is 0. The molecule has 0 saturated heterocycles. The van der Waals surface area contributed by atoms with E-state index in [0.717, 1.165) is 25.3 Å². The summed E-state index contributed by atoms with van der Waals surface area (Å²) in [5.41, 5.74) is 9.53. The number of hydrogen-bond acceptors (Lipinski definition) is 4. The maximum Gasteiger partial charge on any atom is 0.139 e. The number of amidine groups is 1. The summed E-state index contributed by atoms with van der Waals surface area (Å²) in [6, 6.07) is 0. The first kappa shape index (κ1) is 15.0. The predicted octanol–water partition coefficient (Wildman–Crippen LogP) is 2.11. The van der Waals surface area contributed by atoms with Crippen LogP contribution in [0.15, 0.2) is 17.3 Å². The topological polar surface area (TPSA) is 51.7 Å². The molecule has 1 heterocycles. The van der Waals surface area contributed by atoms with Gasteiger partial charge in [-0.05, 0) is 18.9 Å². The van der Waals surface area contributed by atoms with Crippen LogP contribution in [0.1, 0.15) is 52.4 Å². The zero-order chi connectivity index (χ0) is 13.1. The molecule has 0 saturated carbocycles. The molecule has 0 bridgehead atoms. The van der Waals surface area contributed by atoms with Crippen LogP contribution in [0.25, 0.3) is 0 Å². The fourth-order valence-electron chi connectivity index (χ4n) is 1.68. The molecule has 0 spiro atoms. The van der Waals surface area contributed by atoms with Crippen molar-refractivity contribution in [2.75, 3.05) is 13.1 Å². The predicted molar refractivity (Wildman–Crippen MR) is 76.6 cm³/mol. The zero-order valence-electron chi connectivity index (χ0n) is 11.7. The molecule has 1 aliphatic heterocycles. The molecule has 3 N–H and O–H groups in total. The van der Waals surface area contributed by atoms with Crippen LogP contribution in [0.3, 0.4) is 0 Å². The second-order valence-electron chi connectivity index (χ2n) is 4.50. The number of nitrogens with zero attached hydrogens (tertiary/aromatic N) is 2. The quantitative estimate of drug-likeness (QED) is 0.551. The third-order valence-electron chi connectivity index (χ3n) is 2.77. The Morgan fingerprint density at radius 1 is 1.17 bits per heavy atom. The SMILES string of the molecule is CCCCCN=C1C=CNN(NCCCCC)N1. The Bertz CT molecular complexity index is 262. The standard InChI is InChI=1S/C13H27N5/c1-3-5-7-10-14-13-9-12-16-18(17-13)15-11-8-6-4-2/h9,12,15-16H,3-8,10-11H2,1-2H3,(H,14,17). The normalized spacial score (nSPS) is 17.8. The Morgan fingerprint density at radius 2 is 1.94 bits per heavy atom. The Balaban J connectivity index is 2.19. The Hall–Kier alpha value is -1.07. The van der Waals surface area contributed by atoms with Crippen LogP contribution in [0.5, 0.6) is 0 Å². The van der Waals surface area contributed by atoms with Crippen molar-refractivity contribution >= 4 is 5.84 Å². The third kappa shape index (κ3) is 6.61. The third-order valence-corrected chi connectivity index (χ3v) is 2.77. The van der Waals surface area contributed by atoms with E-state index in [-0.39, 0.29) is 0 Å². The van der Waals surface area contributed by atoms with E-state index in [1.54, 1.807) is 5.23 Å².